The second kappa shape index (κ2) is 8.56. The molecule has 152 valence electrons. The van der Waals surface area contributed by atoms with E-state index >= 15 is 0 Å². The maximum atomic E-state index is 12.7. The lowest BCUT2D eigenvalue weighted by Gasteiger charge is -2.27. The van der Waals surface area contributed by atoms with Crippen molar-refractivity contribution >= 4 is 29.1 Å². The van der Waals surface area contributed by atoms with Crippen LogP contribution in [0.15, 0.2) is 41.5 Å². The second-order valence-electron chi connectivity index (χ2n) is 6.57. The zero-order valence-electron chi connectivity index (χ0n) is 16.1. The maximum absolute atomic E-state index is 12.7. The predicted octanol–water partition coefficient (Wildman–Crippen LogP) is 0.769. The number of fused-ring (bicyclic) bond motifs is 1. The number of para-hydroxylation sites is 1. The number of carbonyl (C=O) groups excluding carboxylic acids is 1. The van der Waals surface area contributed by atoms with E-state index in [1.807, 2.05) is 36.0 Å². The van der Waals surface area contributed by atoms with Gasteiger partial charge in [-0.15, -0.1) is 5.10 Å². The lowest BCUT2D eigenvalue weighted by Crippen LogP contribution is -2.33. The van der Waals surface area contributed by atoms with Crippen LogP contribution >= 0.6 is 11.8 Å². The van der Waals surface area contributed by atoms with Gasteiger partial charge in [0.15, 0.2) is 5.82 Å². The molecule has 29 heavy (non-hydrogen) atoms. The van der Waals surface area contributed by atoms with Crippen LogP contribution in [-0.2, 0) is 17.9 Å². The van der Waals surface area contributed by atoms with Crippen molar-refractivity contribution in [2.24, 2.45) is 0 Å². The first kappa shape index (κ1) is 19.3. The van der Waals surface area contributed by atoms with Crippen LogP contribution in [0.3, 0.4) is 0 Å². The van der Waals surface area contributed by atoms with Gasteiger partial charge in [0.05, 0.1) is 7.11 Å². The number of ether oxygens (including phenoxy) is 1. The molecule has 3 aromatic rings. The highest BCUT2D eigenvalue weighted by Gasteiger charge is 2.20. The van der Waals surface area contributed by atoms with E-state index in [2.05, 4.69) is 20.3 Å². The van der Waals surface area contributed by atoms with Crippen molar-refractivity contribution in [2.75, 3.05) is 36.6 Å². The number of amides is 1. The topological polar surface area (TPSA) is 93.8 Å². The van der Waals surface area contributed by atoms with Gasteiger partial charge in [-0.05, 0) is 6.07 Å². The first-order chi connectivity index (χ1) is 14.2. The van der Waals surface area contributed by atoms with Crippen LogP contribution in [0.2, 0.25) is 0 Å². The molecule has 4 rings (SSSR count). The number of benzene rings is 1. The molecule has 0 radical (unpaired) electrons. The van der Waals surface area contributed by atoms with Gasteiger partial charge in [-0.2, -0.15) is 11.8 Å². The van der Waals surface area contributed by atoms with Gasteiger partial charge in [0.1, 0.15) is 12.3 Å². The molecule has 0 spiro atoms. The number of aromatic nitrogens is 4. The average molecular weight is 414 g/mol. The fourth-order valence-corrected chi connectivity index (χ4v) is 4.17. The SMILES string of the molecule is COc1ccccc1CNC(=O)Cn1nc2c(N3CCSCC3)nccn2c1=O. The van der Waals surface area contributed by atoms with Crippen molar-refractivity contribution in [1.29, 1.82) is 0 Å². The third-order valence-corrected chi connectivity index (χ3v) is 5.70. The molecule has 0 bridgehead atoms. The average Bonchev–Trinajstić information content (AvgIpc) is 3.08. The van der Waals surface area contributed by atoms with E-state index in [1.165, 1.54) is 9.08 Å². The largest absolute Gasteiger partial charge is 0.496 e. The van der Waals surface area contributed by atoms with Crippen LogP contribution in [0.4, 0.5) is 5.82 Å². The third-order valence-electron chi connectivity index (χ3n) is 4.76. The third kappa shape index (κ3) is 4.07. The van der Waals surface area contributed by atoms with E-state index < -0.39 is 0 Å². The van der Waals surface area contributed by atoms with Gasteiger partial charge in [0.25, 0.3) is 0 Å². The summed E-state index contributed by atoms with van der Waals surface area (Å²) in [4.78, 5) is 31.7. The molecule has 0 atom stereocenters. The summed E-state index contributed by atoms with van der Waals surface area (Å²) in [6, 6.07) is 7.46. The van der Waals surface area contributed by atoms with E-state index in [0.29, 0.717) is 23.8 Å². The molecular weight excluding hydrogens is 392 g/mol. The molecule has 0 unspecified atom stereocenters. The molecule has 3 heterocycles. The van der Waals surface area contributed by atoms with Gasteiger partial charge < -0.3 is 15.0 Å². The molecular formula is C19H22N6O3S. The van der Waals surface area contributed by atoms with Gasteiger partial charge >= 0.3 is 5.69 Å². The molecule has 1 aliphatic heterocycles. The Kier molecular flexibility index (Phi) is 5.70. The van der Waals surface area contributed by atoms with E-state index in [1.54, 1.807) is 19.5 Å². The highest BCUT2D eigenvalue weighted by molar-refractivity contribution is 7.99. The lowest BCUT2D eigenvalue weighted by molar-refractivity contribution is -0.122. The minimum atomic E-state index is -0.359. The monoisotopic (exact) mass is 414 g/mol. The Bertz CT molecular complexity index is 1070. The van der Waals surface area contributed by atoms with E-state index in [0.717, 1.165) is 30.2 Å². The van der Waals surface area contributed by atoms with Gasteiger partial charge in [-0.25, -0.2) is 18.9 Å². The van der Waals surface area contributed by atoms with Crippen molar-refractivity contribution < 1.29 is 9.53 Å². The summed E-state index contributed by atoms with van der Waals surface area (Å²) in [6.07, 6.45) is 3.18. The number of rotatable bonds is 6. The van der Waals surface area contributed by atoms with Crippen molar-refractivity contribution in [3.05, 3.63) is 52.7 Å². The molecule has 1 aromatic carbocycles. The highest BCUT2D eigenvalue weighted by Crippen LogP contribution is 2.20. The lowest BCUT2D eigenvalue weighted by atomic mass is 10.2. The van der Waals surface area contributed by atoms with Gasteiger partial charge in [0, 0.05) is 49.1 Å². The second-order valence-corrected chi connectivity index (χ2v) is 7.80. The number of nitrogens with one attached hydrogen (secondary N) is 1. The Morgan fingerprint density at radius 2 is 2.07 bits per heavy atom. The Morgan fingerprint density at radius 3 is 2.86 bits per heavy atom. The van der Waals surface area contributed by atoms with Gasteiger partial charge in [-0.3, -0.25) is 4.79 Å². The van der Waals surface area contributed by atoms with Crippen LogP contribution in [0.5, 0.6) is 5.75 Å². The maximum Gasteiger partial charge on any atom is 0.350 e. The van der Waals surface area contributed by atoms with Crippen molar-refractivity contribution in [3.63, 3.8) is 0 Å². The number of carbonyl (C=O) groups is 1. The van der Waals surface area contributed by atoms with E-state index in [4.69, 9.17) is 4.74 Å². The standard InChI is InChI=1S/C19H22N6O3S/c1-28-15-5-3-2-4-14(15)12-21-16(26)13-25-19(27)24-7-6-20-17(18(24)22-25)23-8-10-29-11-9-23/h2-7H,8-13H2,1H3,(H,21,26). The Morgan fingerprint density at radius 1 is 1.28 bits per heavy atom. The van der Waals surface area contributed by atoms with Crippen LogP contribution in [0, 0.1) is 0 Å². The predicted molar refractivity (Wildman–Crippen MR) is 112 cm³/mol. The molecule has 1 aliphatic rings. The molecule has 0 saturated carbocycles. The summed E-state index contributed by atoms with van der Waals surface area (Å²) in [6.45, 7) is 1.86. The molecule has 0 aliphatic carbocycles. The molecule has 1 N–H and O–H groups in total. The van der Waals surface area contributed by atoms with E-state index in [-0.39, 0.29) is 18.1 Å². The van der Waals surface area contributed by atoms with Gasteiger partial charge in [-0.1, -0.05) is 18.2 Å². The molecule has 9 nitrogen and oxygen atoms in total. The summed E-state index contributed by atoms with van der Waals surface area (Å²) >= 11 is 1.90. The molecule has 1 saturated heterocycles. The fourth-order valence-electron chi connectivity index (χ4n) is 3.27. The Hall–Kier alpha value is -3.01. The number of anilines is 1. The first-order valence-corrected chi connectivity index (χ1v) is 10.5. The minimum Gasteiger partial charge on any atom is -0.496 e. The Balaban J connectivity index is 1.51. The zero-order valence-corrected chi connectivity index (χ0v) is 16.9. The number of hydrogen-bond acceptors (Lipinski definition) is 7. The molecule has 1 amide bonds. The summed E-state index contributed by atoms with van der Waals surface area (Å²) < 4.78 is 7.91. The smallest absolute Gasteiger partial charge is 0.350 e. The molecule has 1 fully saturated rings. The van der Waals surface area contributed by atoms with Crippen LogP contribution in [0.25, 0.3) is 5.65 Å². The van der Waals surface area contributed by atoms with Gasteiger partial charge in [0.2, 0.25) is 11.6 Å². The Labute approximate surface area is 171 Å². The number of hydrogen-bond donors (Lipinski definition) is 1. The summed E-state index contributed by atoms with van der Waals surface area (Å²) in [7, 11) is 1.59. The van der Waals surface area contributed by atoms with Crippen molar-refractivity contribution in [2.45, 2.75) is 13.1 Å². The summed E-state index contributed by atoms with van der Waals surface area (Å²) in [5, 5.41) is 7.20. The minimum absolute atomic E-state index is 0.162. The fraction of sp³-hybridized carbons (Fsp3) is 0.368. The molecule has 2 aromatic heterocycles. The van der Waals surface area contributed by atoms with Crippen LogP contribution in [0.1, 0.15) is 5.56 Å². The van der Waals surface area contributed by atoms with Crippen molar-refractivity contribution in [3.8, 4) is 5.75 Å². The number of methoxy groups -OCH3 is 1. The zero-order chi connectivity index (χ0) is 20.2. The quantitative estimate of drug-likeness (QED) is 0.637. The number of thioether (sulfide) groups is 1. The first-order valence-electron chi connectivity index (χ1n) is 9.33. The summed E-state index contributed by atoms with van der Waals surface area (Å²) in [5.74, 6) is 3.11. The van der Waals surface area contributed by atoms with E-state index in [9.17, 15) is 9.59 Å². The normalized spacial score (nSPS) is 14.2. The summed E-state index contributed by atoms with van der Waals surface area (Å²) in [5.41, 5.74) is 0.976. The van der Waals surface area contributed by atoms with Crippen LogP contribution < -0.4 is 20.6 Å². The highest BCUT2D eigenvalue weighted by atomic mass is 32.2. The number of nitrogens with zero attached hydrogens (tertiary/aromatic N) is 5. The van der Waals surface area contributed by atoms with Crippen molar-refractivity contribution in [1.82, 2.24) is 24.5 Å². The molecule has 10 heteroatoms. The van der Waals surface area contributed by atoms with Crippen LogP contribution in [-0.4, -0.2) is 56.8 Å².